The Balaban J connectivity index is 1.51. The van der Waals surface area contributed by atoms with Crippen molar-refractivity contribution in [2.24, 2.45) is 56.7 Å². The van der Waals surface area contributed by atoms with Crippen LogP contribution in [0.3, 0.4) is 0 Å². The van der Waals surface area contributed by atoms with E-state index in [1.54, 1.807) is 0 Å². The van der Waals surface area contributed by atoms with Crippen LogP contribution in [0.2, 0.25) is 0 Å². The van der Waals surface area contributed by atoms with Crippen molar-refractivity contribution >= 4 is 11.8 Å². The maximum Gasteiger partial charge on any atom is 0.302 e. The molecule has 5 aliphatic carbocycles. The topological polar surface area (TPSA) is 43.4 Å². The lowest BCUT2D eigenvalue weighted by molar-refractivity contribution is -0.236. The molecule has 5 aliphatic rings. The van der Waals surface area contributed by atoms with Crippen molar-refractivity contribution in [3.8, 4) is 0 Å². The molecule has 10 atom stereocenters. The third-order valence-electron chi connectivity index (χ3n) is 13.6. The summed E-state index contributed by atoms with van der Waals surface area (Å²) in [5.41, 5.74) is 2.14. The number of allylic oxidation sites excluding steroid dienone is 1. The molecule has 0 bridgehead atoms. The molecule has 0 aromatic carbocycles. The van der Waals surface area contributed by atoms with Gasteiger partial charge in [-0.3, -0.25) is 9.59 Å². The third kappa shape index (κ3) is 3.27. The number of fused-ring (bicyclic) bond motifs is 7. The number of ether oxygens (including phenoxy) is 1. The van der Waals surface area contributed by atoms with E-state index in [2.05, 4.69) is 48.1 Å². The molecule has 0 aromatic heterocycles. The Labute approximate surface area is 214 Å². The Morgan fingerprint density at radius 2 is 1.60 bits per heavy atom. The average molecular weight is 483 g/mol. The van der Waals surface area contributed by atoms with Gasteiger partial charge in [0.1, 0.15) is 12.4 Å². The van der Waals surface area contributed by atoms with Crippen LogP contribution in [0.4, 0.5) is 0 Å². The van der Waals surface area contributed by atoms with Gasteiger partial charge >= 0.3 is 5.97 Å². The lowest BCUT2D eigenvalue weighted by Gasteiger charge is -2.72. The van der Waals surface area contributed by atoms with Gasteiger partial charge in [-0.1, -0.05) is 39.8 Å². The Bertz CT molecular complexity index is 937. The number of Topliss-reactive ketones (excluding diaryl/α,β-unsaturated/α-hetero) is 1. The Hall–Kier alpha value is -1.12. The molecule has 0 amide bonds. The van der Waals surface area contributed by atoms with E-state index in [0.717, 1.165) is 24.7 Å². The number of esters is 1. The first-order chi connectivity index (χ1) is 16.2. The van der Waals surface area contributed by atoms with Gasteiger partial charge in [0.05, 0.1) is 5.41 Å². The van der Waals surface area contributed by atoms with E-state index in [-0.39, 0.29) is 18.0 Å². The van der Waals surface area contributed by atoms with Crippen molar-refractivity contribution in [3.05, 3.63) is 12.2 Å². The summed E-state index contributed by atoms with van der Waals surface area (Å²) < 4.78 is 5.54. The van der Waals surface area contributed by atoms with Crippen molar-refractivity contribution in [1.29, 1.82) is 0 Å². The molecule has 196 valence electrons. The van der Waals surface area contributed by atoms with Crippen LogP contribution in [0, 0.1) is 56.7 Å². The van der Waals surface area contributed by atoms with E-state index >= 15 is 0 Å². The number of carbonyl (C=O) groups is 2. The molecule has 0 aromatic rings. The second kappa shape index (κ2) is 7.94. The molecule has 0 radical (unpaired) electrons. The molecule has 35 heavy (non-hydrogen) atoms. The fourth-order valence-corrected chi connectivity index (χ4v) is 11.5. The number of hydrogen-bond acceptors (Lipinski definition) is 3. The summed E-state index contributed by atoms with van der Waals surface area (Å²) >= 11 is 0. The van der Waals surface area contributed by atoms with Crippen LogP contribution < -0.4 is 0 Å². The fraction of sp³-hybridized carbons (Fsp3) is 0.875. The first-order valence-corrected chi connectivity index (χ1v) is 14.5. The number of hydrogen-bond donors (Lipinski definition) is 0. The summed E-state index contributed by atoms with van der Waals surface area (Å²) in [5.74, 6) is 3.23. The molecule has 0 spiro atoms. The van der Waals surface area contributed by atoms with Gasteiger partial charge in [0, 0.05) is 13.3 Å². The van der Waals surface area contributed by atoms with Crippen LogP contribution >= 0.6 is 0 Å². The zero-order valence-electron chi connectivity index (χ0n) is 23.6. The monoisotopic (exact) mass is 482 g/mol. The standard InChI is InChI=1S/C32H50O3/c1-20(2)22-11-14-28(4)17-18-31(7)23(27(22)28)9-10-25-29(5)15-13-26(34)30(6,19-35-21(3)33)24(29)12-16-32(25,31)8/h22-25,27H,1,9-19H2,2-8H3/t22-,23?,24?,25?,27?,28+,29-,30-,31+,32+/m0/s1. The Morgan fingerprint density at radius 1 is 0.886 bits per heavy atom. The SMILES string of the molecule is C=C(C)[C@@H]1CC[C@]2(C)CC[C@]3(C)C(CCC4[C@@]5(C)CCC(=O)[C@@](C)(COC(C)=O)C5CC[C@]43C)C12. The molecule has 4 unspecified atom stereocenters. The molecule has 3 heteroatoms. The first kappa shape index (κ1) is 25.5. The maximum atomic E-state index is 13.3. The van der Waals surface area contributed by atoms with Crippen LogP contribution in [0.1, 0.15) is 113 Å². The summed E-state index contributed by atoms with van der Waals surface area (Å²) in [6, 6.07) is 0. The van der Waals surface area contributed by atoms with E-state index in [4.69, 9.17) is 4.74 Å². The zero-order valence-corrected chi connectivity index (χ0v) is 23.6. The predicted molar refractivity (Wildman–Crippen MR) is 141 cm³/mol. The number of ketones is 1. The van der Waals surface area contributed by atoms with E-state index in [1.165, 1.54) is 57.4 Å². The van der Waals surface area contributed by atoms with Gasteiger partial charge in [0.2, 0.25) is 0 Å². The highest BCUT2D eigenvalue weighted by Gasteiger charge is 2.70. The van der Waals surface area contributed by atoms with Crippen molar-refractivity contribution in [2.75, 3.05) is 6.61 Å². The van der Waals surface area contributed by atoms with E-state index in [0.29, 0.717) is 46.2 Å². The van der Waals surface area contributed by atoms with Crippen molar-refractivity contribution in [1.82, 2.24) is 0 Å². The van der Waals surface area contributed by atoms with E-state index in [9.17, 15) is 9.59 Å². The third-order valence-corrected chi connectivity index (χ3v) is 13.6. The molecule has 5 rings (SSSR count). The maximum absolute atomic E-state index is 13.3. The molecule has 0 N–H and O–H groups in total. The highest BCUT2D eigenvalue weighted by atomic mass is 16.5. The number of rotatable bonds is 3. The van der Waals surface area contributed by atoms with Gasteiger partial charge in [-0.15, -0.1) is 0 Å². The van der Waals surface area contributed by atoms with Gasteiger partial charge in [0.25, 0.3) is 0 Å². The second-order valence-electron chi connectivity index (χ2n) is 15.0. The van der Waals surface area contributed by atoms with Gasteiger partial charge in [0.15, 0.2) is 0 Å². The molecule has 5 fully saturated rings. The highest BCUT2D eigenvalue weighted by Crippen LogP contribution is 2.77. The van der Waals surface area contributed by atoms with Crippen LogP contribution in [0.5, 0.6) is 0 Å². The largest absolute Gasteiger partial charge is 0.465 e. The normalized spacial score (nSPS) is 53.1. The van der Waals surface area contributed by atoms with Crippen molar-refractivity contribution in [2.45, 2.75) is 113 Å². The number of carbonyl (C=O) groups excluding carboxylic acids is 2. The lowest BCUT2D eigenvalue weighted by Crippen LogP contribution is -2.66. The van der Waals surface area contributed by atoms with Gasteiger partial charge in [-0.05, 0) is 123 Å². The smallest absolute Gasteiger partial charge is 0.302 e. The van der Waals surface area contributed by atoms with Crippen LogP contribution in [-0.4, -0.2) is 18.4 Å². The summed E-state index contributed by atoms with van der Waals surface area (Å²) in [7, 11) is 0. The minimum absolute atomic E-state index is 0.133. The molecule has 0 aliphatic heterocycles. The predicted octanol–water partition coefficient (Wildman–Crippen LogP) is 7.78. The van der Waals surface area contributed by atoms with Crippen LogP contribution in [0.25, 0.3) is 0 Å². The van der Waals surface area contributed by atoms with Crippen molar-refractivity contribution in [3.63, 3.8) is 0 Å². The van der Waals surface area contributed by atoms with Crippen molar-refractivity contribution < 1.29 is 14.3 Å². The summed E-state index contributed by atoms with van der Waals surface area (Å²) in [6.07, 6.45) is 12.0. The molecule has 5 saturated carbocycles. The molecule has 0 saturated heterocycles. The average Bonchev–Trinajstić information content (AvgIpc) is 3.14. The summed E-state index contributed by atoms with van der Waals surface area (Å²) in [6.45, 7) is 21.0. The minimum atomic E-state index is -0.542. The van der Waals surface area contributed by atoms with Crippen LogP contribution in [-0.2, 0) is 14.3 Å². The molecular weight excluding hydrogens is 432 g/mol. The summed E-state index contributed by atoms with van der Waals surface area (Å²) in [5, 5.41) is 0. The second-order valence-corrected chi connectivity index (χ2v) is 15.0. The minimum Gasteiger partial charge on any atom is -0.465 e. The zero-order chi connectivity index (χ0) is 25.6. The quantitative estimate of drug-likeness (QED) is 0.305. The molecule has 0 heterocycles. The lowest BCUT2D eigenvalue weighted by atomic mass is 9.32. The van der Waals surface area contributed by atoms with Crippen LogP contribution in [0.15, 0.2) is 12.2 Å². The van der Waals surface area contributed by atoms with E-state index in [1.807, 2.05) is 0 Å². The van der Waals surface area contributed by atoms with E-state index < -0.39 is 5.41 Å². The van der Waals surface area contributed by atoms with Gasteiger partial charge in [-0.25, -0.2) is 0 Å². The first-order valence-electron chi connectivity index (χ1n) is 14.5. The fourth-order valence-electron chi connectivity index (χ4n) is 11.5. The Kier molecular flexibility index (Phi) is 5.79. The molecule has 3 nitrogen and oxygen atoms in total. The van der Waals surface area contributed by atoms with Gasteiger partial charge < -0.3 is 4.74 Å². The highest BCUT2D eigenvalue weighted by molar-refractivity contribution is 5.86. The Morgan fingerprint density at radius 3 is 2.26 bits per heavy atom. The summed E-state index contributed by atoms with van der Waals surface area (Å²) in [4.78, 5) is 25.0. The van der Waals surface area contributed by atoms with Gasteiger partial charge in [-0.2, -0.15) is 0 Å². The molecular formula is C32H50O3.